The van der Waals surface area contributed by atoms with Crippen LogP contribution in [0.25, 0.3) is 27.8 Å². The Balaban J connectivity index is 1.92. The van der Waals surface area contributed by atoms with Gasteiger partial charge in [0.25, 0.3) is 0 Å². The predicted molar refractivity (Wildman–Crippen MR) is 93.1 cm³/mol. The van der Waals surface area contributed by atoms with E-state index in [4.69, 9.17) is 10.8 Å². The van der Waals surface area contributed by atoms with Crippen LogP contribution in [0.4, 0.5) is 5.82 Å². The number of fused-ring (bicyclic) bond motifs is 2. The van der Waals surface area contributed by atoms with Gasteiger partial charge in [0.15, 0.2) is 5.16 Å². The number of para-hydroxylation sites is 1. The zero-order valence-electron chi connectivity index (χ0n) is 12.4. The lowest BCUT2D eigenvalue weighted by Gasteiger charge is -2.00. The number of hydrogen-bond acceptors (Lipinski definition) is 5. The molecule has 24 heavy (non-hydrogen) atoms. The van der Waals surface area contributed by atoms with Crippen molar-refractivity contribution < 1.29 is 9.90 Å². The maximum Gasteiger partial charge on any atom is 0.313 e. The summed E-state index contributed by atoms with van der Waals surface area (Å²) in [5.74, 6) is -0.625. The number of aromatic amines is 1. The van der Waals surface area contributed by atoms with Crippen molar-refractivity contribution in [2.75, 3.05) is 11.5 Å². The number of benzene rings is 1. The molecule has 0 spiro atoms. The van der Waals surface area contributed by atoms with Crippen molar-refractivity contribution in [3.8, 4) is 11.4 Å². The molecule has 0 saturated heterocycles. The molecule has 0 amide bonds. The molecule has 0 bridgehead atoms. The Morgan fingerprint density at radius 2 is 2.21 bits per heavy atom. The molecule has 0 aliphatic heterocycles. The highest BCUT2D eigenvalue weighted by atomic mass is 32.2. The average molecular weight is 339 g/mol. The minimum atomic E-state index is -0.897. The van der Waals surface area contributed by atoms with E-state index in [0.29, 0.717) is 22.2 Å². The van der Waals surface area contributed by atoms with Gasteiger partial charge in [-0.15, -0.1) is 0 Å². The summed E-state index contributed by atoms with van der Waals surface area (Å²) >= 11 is 1.14. The molecule has 3 heterocycles. The summed E-state index contributed by atoms with van der Waals surface area (Å²) < 4.78 is 1.77. The van der Waals surface area contributed by atoms with Crippen molar-refractivity contribution in [1.29, 1.82) is 0 Å². The molecular formula is C16H13N5O2S. The number of aliphatic carboxylic acids is 1. The van der Waals surface area contributed by atoms with E-state index in [1.165, 1.54) is 0 Å². The van der Waals surface area contributed by atoms with Gasteiger partial charge in [-0.1, -0.05) is 30.0 Å². The monoisotopic (exact) mass is 339 g/mol. The second kappa shape index (κ2) is 5.57. The van der Waals surface area contributed by atoms with E-state index in [1.807, 2.05) is 30.3 Å². The van der Waals surface area contributed by atoms with Crippen LogP contribution >= 0.6 is 11.8 Å². The molecule has 0 saturated carbocycles. The number of rotatable bonds is 4. The number of H-pyrrole nitrogens is 1. The van der Waals surface area contributed by atoms with E-state index in [-0.39, 0.29) is 5.75 Å². The number of aromatic nitrogens is 4. The lowest BCUT2D eigenvalue weighted by atomic mass is 10.2. The van der Waals surface area contributed by atoms with E-state index in [2.05, 4.69) is 15.0 Å². The van der Waals surface area contributed by atoms with Crippen LogP contribution in [0.5, 0.6) is 0 Å². The second-order valence-corrected chi connectivity index (χ2v) is 6.17. The molecule has 0 atom stereocenters. The van der Waals surface area contributed by atoms with Gasteiger partial charge in [-0.05, 0) is 12.1 Å². The van der Waals surface area contributed by atoms with Crippen molar-refractivity contribution in [3.63, 3.8) is 0 Å². The van der Waals surface area contributed by atoms with Crippen molar-refractivity contribution in [3.05, 3.63) is 42.7 Å². The van der Waals surface area contributed by atoms with Gasteiger partial charge in [0, 0.05) is 23.3 Å². The number of nitrogens with zero attached hydrogens (tertiary/aromatic N) is 3. The fourth-order valence-corrected chi connectivity index (χ4v) is 3.35. The van der Waals surface area contributed by atoms with Gasteiger partial charge in [-0.3, -0.25) is 9.20 Å². The maximum atomic E-state index is 10.9. The largest absolute Gasteiger partial charge is 0.481 e. The van der Waals surface area contributed by atoms with Gasteiger partial charge in [-0.25, -0.2) is 9.97 Å². The zero-order chi connectivity index (χ0) is 16.7. The Kier molecular flexibility index (Phi) is 3.39. The van der Waals surface area contributed by atoms with Gasteiger partial charge < -0.3 is 15.8 Å². The van der Waals surface area contributed by atoms with Gasteiger partial charge in [-0.2, -0.15) is 0 Å². The minimum Gasteiger partial charge on any atom is -0.481 e. The summed E-state index contributed by atoms with van der Waals surface area (Å²) in [4.78, 5) is 22.9. The lowest BCUT2D eigenvalue weighted by Crippen LogP contribution is -2.00. The molecule has 4 rings (SSSR count). The first-order valence-electron chi connectivity index (χ1n) is 7.19. The first-order chi connectivity index (χ1) is 11.6. The van der Waals surface area contributed by atoms with E-state index in [9.17, 15) is 4.79 Å². The summed E-state index contributed by atoms with van der Waals surface area (Å²) in [5, 5.41) is 10.6. The second-order valence-electron chi connectivity index (χ2n) is 5.23. The zero-order valence-corrected chi connectivity index (χ0v) is 13.2. The Bertz CT molecular complexity index is 1040. The highest BCUT2D eigenvalue weighted by molar-refractivity contribution is 7.99. The van der Waals surface area contributed by atoms with Crippen LogP contribution in [-0.4, -0.2) is 36.2 Å². The fraction of sp³-hybridized carbons (Fsp3) is 0.0625. The number of hydrogen-bond donors (Lipinski definition) is 3. The first kappa shape index (κ1) is 14.6. The topological polar surface area (TPSA) is 109 Å². The highest BCUT2D eigenvalue weighted by Crippen LogP contribution is 2.32. The third kappa shape index (κ3) is 2.37. The van der Waals surface area contributed by atoms with Gasteiger partial charge in [0.2, 0.25) is 0 Å². The summed E-state index contributed by atoms with van der Waals surface area (Å²) in [7, 11) is 0. The summed E-state index contributed by atoms with van der Waals surface area (Å²) in [6, 6.07) is 9.91. The van der Waals surface area contributed by atoms with E-state index < -0.39 is 5.97 Å². The third-order valence-electron chi connectivity index (χ3n) is 3.66. The molecule has 0 unspecified atom stereocenters. The number of carboxylic acid groups (broad SMARTS) is 1. The van der Waals surface area contributed by atoms with E-state index >= 15 is 0 Å². The standard InChI is InChI=1S/C16H13N5O2S/c17-15-14-13(11-7-9-3-1-2-4-10(9)19-11)20-16(24-8-12(22)23)21(14)6-5-18-15/h1-7,19H,8H2,(H2,17,18)(H,22,23). The van der Waals surface area contributed by atoms with Crippen LogP contribution < -0.4 is 5.73 Å². The quantitative estimate of drug-likeness (QED) is 0.493. The van der Waals surface area contributed by atoms with Gasteiger partial charge in [0.05, 0.1) is 11.4 Å². The smallest absolute Gasteiger partial charge is 0.313 e. The molecule has 4 N–H and O–H groups in total. The average Bonchev–Trinajstić information content (AvgIpc) is 3.14. The van der Waals surface area contributed by atoms with Crippen LogP contribution in [0.1, 0.15) is 0 Å². The summed E-state index contributed by atoms with van der Waals surface area (Å²) in [6.07, 6.45) is 3.30. The van der Waals surface area contributed by atoms with Crippen LogP contribution in [0.2, 0.25) is 0 Å². The number of imidazole rings is 1. The summed E-state index contributed by atoms with van der Waals surface area (Å²) in [6.45, 7) is 0. The Hall–Kier alpha value is -3.00. The molecule has 0 aliphatic carbocycles. The molecule has 0 radical (unpaired) electrons. The molecule has 8 heteroatoms. The number of nitrogens with two attached hydrogens (primary N) is 1. The Morgan fingerprint density at radius 1 is 1.38 bits per heavy atom. The van der Waals surface area contributed by atoms with Gasteiger partial charge >= 0.3 is 5.97 Å². The number of anilines is 1. The molecule has 0 fully saturated rings. The highest BCUT2D eigenvalue weighted by Gasteiger charge is 2.18. The molecule has 1 aromatic carbocycles. The number of carboxylic acids is 1. The molecule has 3 aromatic heterocycles. The Labute approximate surface area is 140 Å². The molecule has 120 valence electrons. The van der Waals surface area contributed by atoms with Crippen LogP contribution in [0, 0.1) is 0 Å². The van der Waals surface area contributed by atoms with Gasteiger partial charge in [0.1, 0.15) is 17.0 Å². The van der Waals surface area contributed by atoms with Crippen molar-refractivity contribution in [2.45, 2.75) is 5.16 Å². The maximum absolute atomic E-state index is 10.9. The van der Waals surface area contributed by atoms with Crippen LogP contribution in [-0.2, 0) is 4.79 Å². The summed E-state index contributed by atoms with van der Waals surface area (Å²) in [5.41, 5.74) is 9.18. The Morgan fingerprint density at radius 3 is 3.00 bits per heavy atom. The minimum absolute atomic E-state index is 0.0759. The number of nitrogen functional groups attached to an aromatic ring is 1. The van der Waals surface area contributed by atoms with Crippen molar-refractivity contribution >= 4 is 40.0 Å². The number of thioether (sulfide) groups is 1. The normalized spacial score (nSPS) is 11.3. The molecule has 4 aromatic rings. The number of nitrogens with one attached hydrogen (secondary N) is 1. The van der Waals surface area contributed by atoms with E-state index in [1.54, 1.807) is 16.8 Å². The van der Waals surface area contributed by atoms with Crippen LogP contribution in [0.15, 0.2) is 47.9 Å². The van der Waals surface area contributed by atoms with E-state index in [0.717, 1.165) is 28.4 Å². The molecular weight excluding hydrogens is 326 g/mol. The SMILES string of the molecule is Nc1nccn2c(SCC(=O)O)nc(-c3cc4ccccc4[nH]3)c12. The number of carbonyl (C=O) groups is 1. The third-order valence-corrected chi connectivity index (χ3v) is 4.60. The molecule has 7 nitrogen and oxygen atoms in total. The fourth-order valence-electron chi connectivity index (χ4n) is 2.65. The van der Waals surface area contributed by atoms with Crippen LogP contribution in [0.3, 0.4) is 0 Å². The van der Waals surface area contributed by atoms with Crippen molar-refractivity contribution in [2.24, 2.45) is 0 Å². The lowest BCUT2D eigenvalue weighted by molar-refractivity contribution is -0.133. The predicted octanol–water partition coefficient (Wildman–Crippen LogP) is 2.64. The first-order valence-corrected chi connectivity index (χ1v) is 8.17. The van der Waals surface area contributed by atoms with Crippen molar-refractivity contribution in [1.82, 2.24) is 19.4 Å². The molecule has 0 aliphatic rings.